The standard InChI is InChI=1S/C18H19FN2O3/c1-18(22,15-8-10-16(19)11-9-15)13-20-12-4-6-14-5-2-3-7-17(14)21(23)24/h2-11,20,22H,12-13H2,1H3/b6-4+. The molecule has 0 aliphatic heterocycles. The zero-order valence-corrected chi connectivity index (χ0v) is 13.3. The molecule has 2 aromatic rings. The molecule has 0 heterocycles. The van der Waals surface area contributed by atoms with E-state index in [1.807, 2.05) is 0 Å². The van der Waals surface area contributed by atoms with Crippen LogP contribution in [0.3, 0.4) is 0 Å². The molecule has 2 aromatic carbocycles. The first-order chi connectivity index (χ1) is 11.4. The van der Waals surface area contributed by atoms with Crippen LogP contribution in [0.15, 0.2) is 54.6 Å². The molecular formula is C18H19FN2O3. The van der Waals surface area contributed by atoms with E-state index in [9.17, 15) is 19.6 Å². The Bertz CT molecular complexity index is 727. The predicted octanol–water partition coefficient (Wildman–Crippen LogP) is 3.24. The third kappa shape index (κ3) is 4.71. The number of aliphatic hydroxyl groups is 1. The highest BCUT2D eigenvalue weighted by molar-refractivity contribution is 5.60. The van der Waals surface area contributed by atoms with E-state index in [-0.39, 0.29) is 18.0 Å². The van der Waals surface area contributed by atoms with Gasteiger partial charge in [0.05, 0.1) is 16.1 Å². The van der Waals surface area contributed by atoms with Crippen molar-refractivity contribution in [3.8, 4) is 0 Å². The normalized spacial score (nSPS) is 13.8. The van der Waals surface area contributed by atoms with Crippen LogP contribution in [-0.4, -0.2) is 23.1 Å². The van der Waals surface area contributed by atoms with Crippen molar-refractivity contribution in [1.29, 1.82) is 0 Å². The van der Waals surface area contributed by atoms with E-state index in [1.165, 1.54) is 18.2 Å². The van der Waals surface area contributed by atoms with Crippen LogP contribution in [0.5, 0.6) is 0 Å². The largest absolute Gasteiger partial charge is 0.384 e. The lowest BCUT2D eigenvalue weighted by atomic mass is 9.96. The van der Waals surface area contributed by atoms with Crippen LogP contribution in [0.1, 0.15) is 18.1 Å². The Kier molecular flexibility index (Phi) is 5.78. The van der Waals surface area contributed by atoms with Crippen LogP contribution in [-0.2, 0) is 5.60 Å². The fraction of sp³-hybridized carbons (Fsp3) is 0.222. The molecule has 0 aliphatic carbocycles. The number of nitrogens with zero attached hydrogens (tertiary/aromatic N) is 1. The van der Waals surface area contributed by atoms with Gasteiger partial charge in [0, 0.05) is 19.2 Å². The van der Waals surface area contributed by atoms with Gasteiger partial charge in [-0.15, -0.1) is 0 Å². The molecule has 0 fully saturated rings. The lowest BCUT2D eigenvalue weighted by molar-refractivity contribution is -0.385. The fourth-order valence-corrected chi connectivity index (χ4v) is 2.29. The van der Waals surface area contributed by atoms with Gasteiger partial charge in [-0.2, -0.15) is 0 Å². The second-order valence-corrected chi connectivity index (χ2v) is 5.63. The highest BCUT2D eigenvalue weighted by Crippen LogP contribution is 2.20. The Hall–Kier alpha value is -2.57. The van der Waals surface area contributed by atoms with E-state index in [4.69, 9.17) is 0 Å². The van der Waals surface area contributed by atoms with Gasteiger partial charge < -0.3 is 10.4 Å². The molecule has 0 radical (unpaired) electrons. The van der Waals surface area contributed by atoms with Crippen molar-refractivity contribution in [2.75, 3.05) is 13.1 Å². The highest BCUT2D eigenvalue weighted by atomic mass is 19.1. The number of halogens is 1. The van der Waals surface area contributed by atoms with Crippen LogP contribution in [0.25, 0.3) is 6.08 Å². The Morgan fingerprint density at radius 3 is 2.58 bits per heavy atom. The number of nitro benzene ring substituents is 1. The third-order valence-electron chi connectivity index (χ3n) is 3.63. The number of hydrogen-bond donors (Lipinski definition) is 2. The molecular weight excluding hydrogens is 311 g/mol. The zero-order valence-electron chi connectivity index (χ0n) is 13.3. The Balaban J connectivity index is 1.90. The lowest BCUT2D eigenvalue weighted by Crippen LogP contribution is -2.35. The summed E-state index contributed by atoms with van der Waals surface area (Å²) in [6.45, 7) is 2.34. The smallest absolute Gasteiger partial charge is 0.276 e. The maximum Gasteiger partial charge on any atom is 0.276 e. The first-order valence-electron chi connectivity index (χ1n) is 7.49. The molecule has 0 saturated carbocycles. The Labute approximate surface area is 139 Å². The molecule has 0 aliphatic rings. The predicted molar refractivity (Wildman–Crippen MR) is 91.0 cm³/mol. The summed E-state index contributed by atoms with van der Waals surface area (Å²) >= 11 is 0. The van der Waals surface area contributed by atoms with Crippen LogP contribution in [0.4, 0.5) is 10.1 Å². The van der Waals surface area contributed by atoms with E-state index < -0.39 is 10.5 Å². The average Bonchev–Trinajstić information content (AvgIpc) is 2.55. The molecule has 2 N–H and O–H groups in total. The first-order valence-corrected chi connectivity index (χ1v) is 7.49. The summed E-state index contributed by atoms with van der Waals surface area (Å²) in [4.78, 5) is 10.5. The van der Waals surface area contributed by atoms with Gasteiger partial charge in [-0.25, -0.2) is 4.39 Å². The SMILES string of the molecule is CC(O)(CNC/C=C/c1ccccc1[N+](=O)[O-])c1ccc(F)cc1. The van der Waals surface area contributed by atoms with E-state index in [0.717, 1.165) is 0 Å². The molecule has 2 rings (SSSR count). The van der Waals surface area contributed by atoms with Crippen LogP contribution >= 0.6 is 0 Å². The molecule has 1 unspecified atom stereocenters. The van der Waals surface area contributed by atoms with Gasteiger partial charge in [0.2, 0.25) is 0 Å². The second-order valence-electron chi connectivity index (χ2n) is 5.63. The third-order valence-corrected chi connectivity index (χ3v) is 3.63. The van der Waals surface area contributed by atoms with Crippen molar-refractivity contribution in [3.05, 3.63) is 81.7 Å². The van der Waals surface area contributed by atoms with Crippen molar-refractivity contribution in [2.24, 2.45) is 0 Å². The average molecular weight is 330 g/mol. The fourth-order valence-electron chi connectivity index (χ4n) is 2.29. The summed E-state index contributed by atoms with van der Waals surface area (Å²) in [6, 6.07) is 12.2. The lowest BCUT2D eigenvalue weighted by Gasteiger charge is -2.24. The molecule has 0 amide bonds. The van der Waals surface area contributed by atoms with Gasteiger partial charge in [0.1, 0.15) is 5.82 Å². The summed E-state index contributed by atoms with van der Waals surface area (Å²) in [5.41, 5.74) is 0.0426. The summed E-state index contributed by atoms with van der Waals surface area (Å²) < 4.78 is 12.9. The van der Waals surface area contributed by atoms with Crippen LogP contribution < -0.4 is 5.32 Å². The Morgan fingerprint density at radius 1 is 1.25 bits per heavy atom. The number of hydrogen-bond acceptors (Lipinski definition) is 4. The molecule has 24 heavy (non-hydrogen) atoms. The van der Waals surface area contributed by atoms with Crippen molar-refractivity contribution in [2.45, 2.75) is 12.5 Å². The van der Waals surface area contributed by atoms with E-state index >= 15 is 0 Å². The second kappa shape index (κ2) is 7.81. The quantitative estimate of drug-likeness (QED) is 0.464. The first kappa shape index (κ1) is 17.8. The molecule has 126 valence electrons. The van der Waals surface area contributed by atoms with Gasteiger partial charge in [0.25, 0.3) is 5.69 Å². The van der Waals surface area contributed by atoms with E-state index in [1.54, 1.807) is 49.4 Å². The van der Waals surface area contributed by atoms with Crippen molar-refractivity contribution >= 4 is 11.8 Å². The molecule has 0 saturated heterocycles. The topological polar surface area (TPSA) is 75.4 Å². The molecule has 0 bridgehead atoms. The van der Waals surface area contributed by atoms with Gasteiger partial charge in [0.15, 0.2) is 0 Å². The summed E-state index contributed by atoms with van der Waals surface area (Å²) in [7, 11) is 0. The van der Waals surface area contributed by atoms with Gasteiger partial charge >= 0.3 is 0 Å². The number of nitrogens with one attached hydrogen (secondary N) is 1. The number of nitro groups is 1. The van der Waals surface area contributed by atoms with E-state index in [0.29, 0.717) is 17.7 Å². The molecule has 1 atom stereocenters. The van der Waals surface area contributed by atoms with Crippen molar-refractivity contribution in [3.63, 3.8) is 0 Å². The van der Waals surface area contributed by atoms with Crippen molar-refractivity contribution < 1.29 is 14.4 Å². The minimum Gasteiger partial charge on any atom is -0.384 e. The van der Waals surface area contributed by atoms with Crippen molar-refractivity contribution in [1.82, 2.24) is 5.32 Å². The molecule has 0 aromatic heterocycles. The summed E-state index contributed by atoms with van der Waals surface area (Å²) in [5, 5.41) is 24.4. The summed E-state index contributed by atoms with van der Waals surface area (Å²) in [5.74, 6) is -0.352. The summed E-state index contributed by atoms with van der Waals surface area (Å²) in [6.07, 6.45) is 3.42. The van der Waals surface area contributed by atoms with Gasteiger partial charge in [-0.3, -0.25) is 10.1 Å². The number of benzene rings is 2. The minimum atomic E-state index is -1.14. The monoisotopic (exact) mass is 330 g/mol. The molecule has 5 nitrogen and oxygen atoms in total. The van der Waals surface area contributed by atoms with Gasteiger partial charge in [-0.1, -0.05) is 36.4 Å². The van der Waals surface area contributed by atoms with Crippen LogP contribution in [0.2, 0.25) is 0 Å². The minimum absolute atomic E-state index is 0.0482. The number of para-hydroxylation sites is 1. The van der Waals surface area contributed by atoms with Gasteiger partial charge in [-0.05, 0) is 30.7 Å². The molecule has 0 spiro atoms. The maximum atomic E-state index is 12.9. The van der Waals surface area contributed by atoms with E-state index in [2.05, 4.69) is 5.32 Å². The Morgan fingerprint density at radius 2 is 1.92 bits per heavy atom. The zero-order chi connectivity index (χ0) is 17.6. The number of rotatable bonds is 7. The maximum absolute atomic E-state index is 12.9. The molecule has 6 heteroatoms. The highest BCUT2D eigenvalue weighted by Gasteiger charge is 2.22. The van der Waals surface area contributed by atoms with Crippen LogP contribution in [0, 0.1) is 15.9 Å².